The number of carbonyl (C=O) groups excluding carboxylic acids is 1. The van der Waals surface area contributed by atoms with Crippen molar-refractivity contribution in [2.45, 2.75) is 13.8 Å². The summed E-state index contributed by atoms with van der Waals surface area (Å²) >= 11 is 9.30. The van der Waals surface area contributed by atoms with Crippen LogP contribution in [0.3, 0.4) is 0 Å². The Balaban J connectivity index is 2.46. The molecule has 2 heterocycles. The summed E-state index contributed by atoms with van der Waals surface area (Å²) < 4.78 is 7.16. The average Bonchev–Trinajstić information content (AvgIpc) is 2.75. The van der Waals surface area contributed by atoms with Crippen LogP contribution >= 0.6 is 27.5 Å². The predicted octanol–water partition coefficient (Wildman–Crippen LogP) is 3.17. The summed E-state index contributed by atoms with van der Waals surface area (Å²) in [6, 6.07) is 3.42. The van der Waals surface area contributed by atoms with Crippen LogP contribution in [0.2, 0.25) is 5.15 Å². The van der Waals surface area contributed by atoms with E-state index in [2.05, 4.69) is 26.0 Å². The fourth-order valence-electron chi connectivity index (χ4n) is 1.60. The number of carbonyl (C=O) groups is 1. The van der Waals surface area contributed by atoms with E-state index < -0.39 is 5.97 Å². The standard InChI is InChI=1S/C12H11BrClN3O2/c1-3-19-12(18)8-6-7(2)17(16-8)9-4-5-15-11(14)10(9)13/h4-6H,3H2,1-2H3. The minimum absolute atomic E-state index is 0.263. The average molecular weight is 345 g/mol. The van der Waals surface area contributed by atoms with Crippen molar-refractivity contribution in [1.82, 2.24) is 14.8 Å². The van der Waals surface area contributed by atoms with Crippen molar-refractivity contribution in [3.05, 3.63) is 39.3 Å². The lowest BCUT2D eigenvalue weighted by atomic mass is 10.3. The summed E-state index contributed by atoms with van der Waals surface area (Å²) in [4.78, 5) is 15.6. The van der Waals surface area contributed by atoms with E-state index in [0.717, 1.165) is 5.69 Å². The molecule has 2 aromatic rings. The van der Waals surface area contributed by atoms with Gasteiger partial charge in [-0.2, -0.15) is 5.10 Å². The van der Waals surface area contributed by atoms with Gasteiger partial charge in [-0.1, -0.05) is 11.6 Å². The third kappa shape index (κ3) is 2.79. The van der Waals surface area contributed by atoms with Gasteiger partial charge >= 0.3 is 5.97 Å². The molecule has 0 atom stereocenters. The van der Waals surface area contributed by atoms with E-state index in [1.54, 1.807) is 29.9 Å². The number of pyridine rings is 1. The number of rotatable bonds is 3. The Morgan fingerprint density at radius 3 is 3.00 bits per heavy atom. The van der Waals surface area contributed by atoms with Crippen LogP contribution in [0.1, 0.15) is 23.1 Å². The molecule has 2 rings (SSSR count). The Morgan fingerprint density at radius 2 is 2.32 bits per heavy atom. The van der Waals surface area contributed by atoms with Crippen LogP contribution in [-0.2, 0) is 4.74 Å². The quantitative estimate of drug-likeness (QED) is 0.634. The largest absolute Gasteiger partial charge is 0.461 e. The Hall–Kier alpha value is -1.40. The lowest BCUT2D eigenvalue weighted by Crippen LogP contribution is -2.07. The first-order valence-electron chi connectivity index (χ1n) is 5.58. The van der Waals surface area contributed by atoms with Crippen molar-refractivity contribution < 1.29 is 9.53 Å². The van der Waals surface area contributed by atoms with E-state index in [1.165, 1.54) is 0 Å². The van der Waals surface area contributed by atoms with E-state index in [1.807, 2.05) is 6.92 Å². The van der Waals surface area contributed by atoms with Crippen molar-refractivity contribution in [3.8, 4) is 5.69 Å². The van der Waals surface area contributed by atoms with Crippen LogP contribution in [0.4, 0.5) is 0 Å². The van der Waals surface area contributed by atoms with Crippen molar-refractivity contribution >= 4 is 33.5 Å². The van der Waals surface area contributed by atoms with E-state index >= 15 is 0 Å². The summed E-state index contributed by atoms with van der Waals surface area (Å²) in [5.41, 5.74) is 1.78. The van der Waals surface area contributed by atoms with Gasteiger partial charge in [-0.15, -0.1) is 0 Å². The molecule has 0 unspecified atom stereocenters. The lowest BCUT2D eigenvalue weighted by molar-refractivity contribution is 0.0519. The second-order valence-electron chi connectivity index (χ2n) is 3.74. The van der Waals surface area contributed by atoms with Gasteiger partial charge in [-0.25, -0.2) is 14.5 Å². The highest BCUT2D eigenvalue weighted by Crippen LogP contribution is 2.27. The summed E-state index contributed by atoms with van der Waals surface area (Å²) in [5.74, 6) is -0.444. The Labute approximate surface area is 123 Å². The van der Waals surface area contributed by atoms with Crippen molar-refractivity contribution in [1.29, 1.82) is 0 Å². The van der Waals surface area contributed by atoms with Gasteiger partial charge in [0, 0.05) is 11.9 Å². The molecule has 19 heavy (non-hydrogen) atoms. The van der Waals surface area contributed by atoms with Crippen LogP contribution < -0.4 is 0 Å². The predicted molar refractivity (Wildman–Crippen MR) is 74.8 cm³/mol. The smallest absolute Gasteiger partial charge is 0.358 e. The molecule has 5 nitrogen and oxygen atoms in total. The molecule has 0 spiro atoms. The minimum atomic E-state index is -0.444. The number of esters is 1. The van der Waals surface area contributed by atoms with E-state index in [-0.39, 0.29) is 5.69 Å². The molecule has 0 N–H and O–H groups in total. The van der Waals surface area contributed by atoms with Crippen LogP contribution in [0.25, 0.3) is 5.69 Å². The molecule has 7 heteroatoms. The fraction of sp³-hybridized carbons (Fsp3) is 0.250. The SMILES string of the molecule is CCOC(=O)c1cc(C)n(-c2ccnc(Cl)c2Br)n1. The number of ether oxygens (including phenoxy) is 1. The first-order chi connectivity index (χ1) is 9.04. The van der Waals surface area contributed by atoms with Gasteiger partial charge in [0.1, 0.15) is 5.15 Å². The minimum Gasteiger partial charge on any atom is -0.461 e. The Bertz CT molecular complexity index is 627. The maximum Gasteiger partial charge on any atom is 0.358 e. The van der Waals surface area contributed by atoms with E-state index in [9.17, 15) is 4.79 Å². The van der Waals surface area contributed by atoms with Crippen molar-refractivity contribution in [2.24, 2.45) is 0 Å². The highest BCUT2D eigenvalue weighted by atomic mass is 79.9. The van der Waals surface area contributed by atoms with Gasteiger partial charge in [-0.3, -0.25) is 0 Å². The zero-order valence-corrected chi connectivity index (χ0v) is 12.7. The molecule has 0 aliphatic heterocycles. The number of nitrogens with zero attached hydrogens (tertiary/aromatic N) is 3. The fourth-order valence-corrected chi connectivity index (χ4v) is 2.15. The van der Waals surface area contributed by atoms with Gasteiger partial charge in [0.05, 0.1) is 16.8 Å². The molecule has 0 aliphatic rings. The molecule has 0 fully saturated rings. The molecule has 0 bridgehead atoms. The summed E-state index contributed by atoms with van der Waals surface area (Å²) in [6.07, 6.45) is 1.58. The van der Waals surface area contributed by atoms with Gasteiger partial charge in [0.15, 0.2) is 5.69 Å². The van der Waals surface area contributed by atoms with Crippen molar-refractivity contribution in [3.63, 3.8) is 0 Å². The topological polar surface area (TPSA) is 57.0 Å². The molecule has 0 saturated carbocycles. The number of aryl methyl sites for hydroxylation is 1. The Kier molecular flexibility index (Phi) is 4.21. The third-order valence-electron chi connectivity index (χ3n) is 2.43. The summed E-state index contributed by atoms with van der Waals surface area (Å²) in [6.45, 7) is 3.91. The number of halogens is 2. The third-order valence-corrected chi connectivity index (χ3v) is 3.72. The molecular formula is C12H11BrClN3O2. The molecule has 2 aromatic heterocycles. The number of aromatic nitrogens is 3. The maximum absolute atomic E-state index is 11.6. The van der Waals surface area contributed by atoms with E-state index in [4.69, 9.17) is 16.3 Å². The second kappa shape index (κ2) is 5.71. The van der Waals surface area contributed by atoms with Crippen LogP contribution in [0, 0.1) is 6.92 Å². The van der Waals surface area contributed by atoms with Gasteiger partial charge < -0.3 is 4.74 Å². The molecule has 0 aromatic carbocycles. The Morgan fingerprint density at radius 1 is 1.58 bits per heavy atom. The second-order valence-corrected chi connectivity index (χ2v) is 4.89. The zero-order chi connectivity index (χ0) is 14.0. The highest BCUT2D eigenvalue weighted by Gasteiger charge is 2.16. The number of hydrogen-bond acceptors (Lipinski definition) is 4. The monoisotopic (exact) mass is 343 g/mol. The molecule has 100 valence electrons. The van der Waals surface area contributed by atoms with Gasteiger partial charge in [-0.05, 0) is 41.9 Å². The van der Waals surface area contributed by atoms with Gasteiger partial charge in [0.2, 0.25) is 0 Å². The lowest BCUT2D eigenvalue weighted by Gasteiger charge is -2.07. The summed E-state index contributed by atoms with van der Waals surface area (Å²) in [5, 5.41) is 4.56. The molecule has 0 radical (unpaired) electrons. The van der Waals surface area contributed by atoms with Gasteiger partial charge in [0.25, 0.3) is 0 Å². The van der Waals surface area contributed by atoms with Crippen LogP contribution in [-0.4, -0.2) is 27.3 Å². The van der Waals surface area contributed by atoms with Crippen LogP contribution in [0.15, 0.2) is 22.8 Å². The normalized spacial score (nSPS) is 10.5. The molecule has 0 amide bonds. The number of hydrogen-bond donors (Lipinski definition) is 0. The molecule has 0 saturated heterocycles. The molecular weight excluding hydrogens is 334 g/mol. The zero-order valence-electron chi connectivity index (χ0n) is 10.4. The first-order valence-corrected chi connectivity index (χ1v) is 6.75. The highest BCUT2D eigenvalue weighted by molar-refractivity contribution is 9.10. The summed E-state index contributed by atoms with van der Waals surface area (Å²) in [7, 11) is 0. The first kappa shape index (κ1) is 14.0. The van der Waals surface area contributed by atoms with Crippen LogP contribution in [0.5, 0.6) is 0 Å². The molecule has 0 aliphatic carbocycles. The van der Waals surface area contributed by atoms with Crippen molar-refractivity contribution in [2.75, 3.05) is 6.61 Å². The van der Waals surface area contributed by atoms with E-state index in [0.29, 0.717) is 21.9 Å². The maximum atomic E-state index is 11.6.